The average molecular weight is 242 g/mol. The molecule has 0 aliphatic heterocycles. The lowest BCUT2D eigenvalue weighted by molar-refractivity contribution is 0.113. The van der Waals surface area contributed by atoms with Crippen molar-refractivity contribution in [2.75, 3.05) is 6.61 Å². The van der Waals surface area contributed by atoms with Crippen molar-refractivity contribution in [2.45, 2.75) is 52.7 Å². The number of nitrogens with zero attached hydrogens (tertiary/aromatic N) is 2. The lowest BCUT2D eigenvalue weighted by Gasteiger charge is -2.19. The van der Waals surface area contributed by atoms with Gasteiger partial charge in [-0.25, -0.2) is 0 Å². The minimum atomic E-state index is -0.500. The molecule has 0 amide bonds. The first-order valence-electron chi connectivity index (χ1n) is 6.14. The summed E-state index contributed by atoms with van der Waals surface area (Å²) in [6.45, 7) is 8.88. The Morgan fingerprint density at radius 1 is 1.35 bits per heavy atom. The molecule has 17 heavy (non-hydrogen) atoms. The highest BCUT2D eigenvalue weighted by Gasteiger charge is 2.27. The molecule has 1 aromatic rings. The van der Waals surface area contributed by atoms with E-state index >= 15 is 0 Å². The van der Waals surface area contributed by atoms with Gasteiger partial charge in [-0.1, -0.05) is 25.9 Å². The van der Waals surface area contributed by atoms with Gasteiger partial charge < -0.3 is 14.4 Å². The van der Waals surface area contributed by atoms with Crippen LogP contribution in [0.25, 0.3) is 0 Å². The first-order valence-corrected chi connectivity index (χ1v) is 6.14. The van der Waals surface area contributed by atoms with Crippen LogP contribution in [0.5, 0.6) is 0 Å². The van der Waals surface area contributed by atoms with Crippen LogP contribution in [0.3, 0.4) is 0 Å². The summed E-state index contributed by atoms with van der Waals surface area (Å²) < 4.78 is 10.5. The molecule has 0 saturated heterocycles. The summed E-state index contributed by atoms with van der Waals surface area (Å²) in [7, 11) is 0. The normalized spacial score (nSPS) is 15.2. The predicted octanol–water partition coefficient (Wildman–Crippen LogP) is 2.12. The molecule has 5 heteroatoms. The number of aliphatic hydroxyl groups is 1. The highest BCUT2D eigenvalue weighted by molar-refractivity contribution is 4.97. The molecule has 0 aromatic carbocycles. The van der Waals surface area contributed by atoms with E-state index < -0.39 is 6.10 Å². The molecule has 2 atom stereocenters. The Morgan fingerprint density at radius 2 is 2.06 bits per heavy atom. The van der Waals surface area contributed by atoms with Gasteiger partial charge in [-0.2, -0.15) is 4.98 Å². The fraction of sp³-hybridized carbons (Fsp3) is 0.833. The Kier molecular flexibility index (Phi) is 5.58. The Labute approximate surface area is 102 Å². The molecule has 1 aromatic heterocycles. The van der Waals surface area contributed by atoms with Gasteiger partial charge in [0.25, 0.3) is 0 Å². The number of rotatable bonds is 7. The maximum atomic E-state index is 9.70. The highest BCUT2D eigenvalue weighted by Crippen LogP contribution is 2.26. The Hall–Kier alpha value is -0.940. The van der Waals surface area contributed by atoms with Gasteiger partial charge >= 0.3 is 0 Å². The summed E-state index contributed by atoms with van der Waals surface area (Å²) in [6.07, 6.45) is 0.465. The summed E-state index contributed by atoms with van der Waals surface area (Å²) in [4.78, 5) is 4.26. The summed E-state index contributed by atoms with van der Waals surface area (Å²) >= 11 is 0. The molecule has 0 saturated carbocycles. The lowest BCUT2D eigenvalue weighted by Crippen LogP contribution is -2.20. The lowest BCUT2D eigenvalue weighted by atomic mass is 9.91. The van der Waals surface area contributed by atoms with Crippen LogP contribution >= 0.6 is 0 Å². The zero-order valence-electron chi connectivity index (χ0n) is 11.0. The smallest absolute Gasteiger partial charge is 0.232 e. The van der Waals surface area contributed by atoms with E-state index in [9.17, 15) is 5.11 Å². The van der Waals surface area contributed by atoms with E-state index in [4.69, 9.17) is 9.26 Å². The van der Waals surface area contributed by atoms with Crippen molar-refractivity contribution in [2.24, 2.45) is 5.92 Å². The van der Waals surface area contributed by atoms with E-state index in [1.165, 1.54) is 0 Å². The zero-order valence-corrected chi connectivity index (χ0v) is 11.0. The molecule has 0 spiro atoms. The fourth-order valence-corrected chi connectivity index (χ4v) is 1.82. The van der Waals surface area contributed by atoms with Crippen molar-refractivity contribution in [1.29, 1.82) is 0 Å². The first kappa shape index (κ1) is 14.1. The van der Waals surface area contributed by atoms with Gasteiger partial charge in [-0.3, -0.25) is 0 Å². The van der Waals surface area contributed by atoms with Crippen molar-refractivity contribution in [3.8, 4) is 0 Å². The first-order chi connectivity index (χ1) is 8.06. The number of hydrogen-bond donors (Lipinski definition) is 1. The molecule has 0 fully saturated rings. The second-order valence-corrected chi connectivity index (χ2v) is 4.61. The Balaban J connectivity index is 2.65. The van der Waals surface area contributed by atoms with Crippen LogP contribution in [0.2, 0.25) is 0 Å². The van der Waals surface area contributed by atoms with Crippen LogP contribution < -0.4 is 0 Å². The van der Waals surface area contributed by atoms with E-state index in [0.717, 1.165) is 6.42 Å². The van der Waals surface area contributed by atoms with Gasteiger partial charge in [0.15, 0.2) is 5.82 Å². The van der Waals surface area contributed by atoms with Gasteiger partial charge in [-0.15, -0.1) is 0 Å². The van der Waals surface area contributed by atoms with Crippen LogP contribution in [0, 0.1) is 5.92 Å². The maximum absolute atomic E-state index is 9.70. The molecular formula is C12H22N2O3. The van der Waals surface area contributed by atoms with Crippen molar-refractivity contribution in [1.82, 2.24) is 10.1 Å². The molecule has 0 aliphatic rings. The van der Waals surface area contributed by atoms with Gasteiger partial charge in [0.05, 0.1) is 12.0 Å². The van der Waals surface area contributed by atoms with Crippen molar-refractivity contribution < 1.29 is 14.4 Å². The number of aromatic nitrogens is 2. The maximum Gasteiger partial charge on any atom is 0.232 e. The van der Waals surface area contributed by atoms with Gasteiger partial charge in [0.1, 0.15) is 6.61 Å². The SMILES string of the molecule is CCCOCc1noc(C(C(C)C)C(C)O)n1. The van der Waals surface area contributed by atoms with Crippen LogP contribution in [0.1, 0.15) is 51.7 Å². The van der Waals surface area contributed by atoms with Crippen LogP contribution in [0.4, 0.5) is 0 Å². The molecule has 98 valence electrons. The minimum absolute atomic E-state index is 0.123. The second kappa shape index (κ2) is 6.71. The molecule has 1 heterocycles. The average Bonchev–Trinajstić information content (AvgIpc) is 2.65. The molecule has 0 bridgehead atoms. The number of hydrogen-bond acceptors (Lipinski definition) is 5. The zero-order chi connectivity index (χ0) is 12.8. The summed E-state index contributed by atoms with van der Waals surface area (Å²) in [5.41, 5.74) is 0. The Morgan fingerprint density at radius 3 is 2.59 bits per heavy atom. The van der Waals surface area contributed by atoms with E-state index in [1.807, 2.05) is 20.8 Å². The summed E-state index contributed by atoms with van der Waals surface area (Å²) in [5.74, 6) is 1.16. The van der Waals surface area contributed by atoms with E-state index in [0.29, 0.717) is 24.9 Å². The van der Waals surface area contributed by atoms with Gasteiger partial charge in [0, 0.05) is 6.61 Å². The molecule has 2 unspecified atom stereocenters. The summed E-state index contributed by atoms with van der Waals surface area (Å²) in [6, 6.07) is 0. The third kappa shape index (κ3) is 4.09. The fourth-order valence-electron chi connectivity index (χ4n) is 1.82. The van der Waals surface area contributed by atoms with E-state index in [2.05, 4.69) is 10.1 Å². The summed E-state index contributed by atoms with van der Waals surface area (Å²) in [5, 5.41) is 13.6. The third-order valence-corrected chi connectivity index (χ3v) is 2.59. The van der Waals surface area contributed by atoms with Crippen molar-refractivity contribution in [3.63, 3.8) is 0 Å². The number of aliphatic hydroxyl groups excluding tert-OH is 1. The molecule has 0 aliphatic carbocycles. The number of ether oxygens (including phenoxy) is 1. The van der Waals surface area contributed by atoms with Crippen molar-refractivity contribution in [3.05, 3.63) is 11.7 Å². The van der Waals surface area contributed by atoms with E-state index in [1.54, 1.807) is 6.92 Å². The molecule has 5 nitrogen and oxygen atoms in total. The van der Waals surface area contributed by atoms with E-state index in [-0.39, 0.29) is 11.8 Å². The van der Waals surface area contributed by atoms with Crippen LogP contribution in [0.15, 0.2) is 4.52 Å². The quantitative estimate of drug-likeness (QED) is 0.742. The monoisotopic (exact) mass is 242 g/mol. The molecule has 1 N–H and O–H groups in total. The van der Waals surface area contributed by atoms with Crippen molar-refractivity contribution >= 4 is 0 Å². The minimum Gasteiger partial charge on any atom is -0.393 e. The topological polar surface area (TPSA) is 68.4 Å². The second-order valence-electron chi connectivity index (χ2n) is 4.61. The molecule has 1 rings (SSSR count). The standard InChI is InChI=1S/C12H22N2O3/c1-5-6-16-7-10-13-12(17-14-10)11(8(2)3)9(4)15/h8-9,11,15H,5-7H2,1-4H3. The Bertz CT molecular complexity index is 315. The molecule has 0 radical (unpaired) electrons. The predicted molar refractivity (Wildman–Crippen MR) is 63.5 cm³/mol. The van der Waals surface area contributed by atoms with Gasteiger partial charge in [-0.05, 0) is 19.3 Å². The van der Waals surface area contributed by atoms with Crippen LogP contribution in [-0.2, 0) is 11.3 Å². The van der Waals surface area contributed by atoms with Gasteiger partial charge in [0.2, 0.25) is 5.89 Å². The van der Waals surface area contributed by atoms with Crippen LogP contribution in [-0.4, -0.2) is 28.0 Å². The molecular weight excluding hydrogens is 220 g/mol. The highest BCUT2D eigenvalue weighted by atomic mass is 16.5. The largest absolute Gasteiger partial charge is 0.393 e. The third-order valence-electron chi connectivity index (χ3n) is 2.59.